The number of nitrogens with zero attached hydrogens (tertiary/aromatic N) is 1. The maximum Gasteiger partial charge on any atom is 0.339 e. The van der Waals surface area contributed by atoms with E-state index in [9.17, 15) is 4.79 Å². The molecule has 19 heavy (non-hydrogen) atoms. The summed E-state index contributed by atoms with van der Waals surface area (Å²) in [6.45, 7) is 2.01. The van der Waals surface area contributed by atoms with Crippen LogP contribution in [-0.4, -0.2) is 11.7 Å². The molecule has 0 bridgehead atoms. The fourth-order valence-electron chi connectivity index (χ4n) is 1.55. The molecule has 4 nitrogen and oxygen atoms in total. The monoisotopic (exact) mass is 273 g/mol. The van der Waals surface area contributed by atoms with Crippen molar-refractivity contribution in [1.82, 2.24) is 5.43 Å². The molecule has 0 spiro atoms. The number of hydrazone groups is 1. The lowest BCUT2D eigenvalue weighted by Gasteiger charge is -2.05. The Labute approximate surface area is 116 Å². The van der Waals surface area contributed by atoms with Crippen LogP contribution in [0.15, 0.2) is 52.9 Å². The van der Waals surface area contributed by atoms with Gasteiger partial charge in [-0.05, 0) is 30.0 Å². The van der Waals surface area contributed by atoms with Crippen molar-refractivity contribution in [3.05, 3.63) is 52.7 Å². The van der Waals surface area contributed by atoms with Crippen molar-refractivity contribution in [2.75, 3.05) is 5.32 Å². The number of amides is 2. The first-order chi connectivity index (χ1) is 9.29. The maximum absolute atomic E-state index is 11.7. The number of urea groups is 1. The minimum Gasteiger partial charge on any atom is -0.307 e. The molecule has 5 heteroatoms. The van der Waals surface area contributed by atoms with Crippen LogP contribution >= 0.6 is 11.3 Å². The van der Waals surface area contributed by atoms with Gasteiger partial charge in [0.25, 0.3) is 0 Å². The lowest BCUT2D eigenvalue weighted by atomic mass is 10.2. The first-order valence-corrected chi connectivity index (χ1v) is 6.90. The van der Waals surface area contributed by atoms with Gasteiger partial charge in [0.15, 0.2) is 0 Å². The fraction of sp³-hybridized carbons (Fsp3) is 0.143. The van der Waals surface area contributed by atoms with E-state index in [0.717, 1.165) is 22.7 Å². The Morgan fingerprint density at radius 1 is 1.21 bits per heavy atom. The highest BCUT2D eigenvalue weighted by molar-refractivity contribution is 7.12. The van der Waals surface area contributed by atoms with E-state index in [-0.39, 0.29) is 6.03 Å². The number of hydrogen-bond donors (Lipinski definition) is 2. The largest absolute Gasteiger partial charge is 0.339 e. The van der Waals surface area contributed by atoms with Gasteiger partial charge >= 0.3 is 6.03 Å². The van der Waals surface area contributed by atoms with E-state index in [1.807, 2.05) is 54.8 Å². The van der Waals surface area contributed by atoms with Crippen molar-refractivity contribution in [1.29, 1.82) is 0 Å². The van der Waals surface area contributed by atoms with Gasteiger partial charge in [-0.1, -0.05) is 31.2 Å². The lowest BCUT2D eigenvalue weighted by molar-refractivity contribution is 0.252. The molecule has 0 saturated carbocycles. The second-order valence-electron chi connectivity index (χ2n) is 3.82. The summed E-state index contributed by atoms with van der Waals surface area (Å²) in [5.41, 5.74) is 4.13. The molecular weight excluding hydrogens is 258 g/mol. The van der Waals surface area contributed by atoms with E-state index >= 15 is 0 Å². The minimum absolute atomic E-state index is 0.339. The molecule has 1 aromatic carbocycles. The third-order valence-corrected chi connectivity index (χ3v) is 3.38. The van der Waals surface area contributed by atoms with Gasteiger partial charge in [0.1, 0.15) is 0 Å². The lowest BCUT2D eigenvalue weighted by Crippen LogP contribution is -2.25. The molecule has 0 aliphatic rings. The summed E-state index contributed by atoms with van der Waals surface area (Å²) in [7, 11) is 0. The number of thiophene rings is 1. The van der Waals surface area contributed by atoms with Crippen molar-refractivity contribution in [3.8, 4) is 0 Å². The number of hydrogen-bond acceptors (Lipinski definition) is 3. The molecule has 2 amide bonds. The van der Waals surface area contributed by atoms with Crippen LogP contribution in [-0.2, 0) is 0 Å². The molecule has 1 aromatic heterocycles. The molecule has 0 radical (unpaired) electrons. The van der Waals surface area contributed by atoms with E-state index in [1.54, 1.807) is 11.3 Å². The minimum atomic E-state index is -0.339. The SMILES string of the molecule is CC/C(=N/NC(=O)Nc1ccccc1)c1cccs1. The highest BCUT2D eigenvalue weighted by Crippen LogP contribution is 2.11. The predicted octanol–water partition coefficient (Wildman–Crippen LogP) is 3.68. The summed E-state index contributed by atoms with van der Waals surface area (Å²) in [4.78, 5) is 12.7. The Kier molecular flexibility index (Phi) is 4.69. The van der Waals surface area contributed by atoms with Crippen LogP contribution in [0.1, 0.15) is 18.2 Å². The molecule has 0 saturated heterocycles. The van der Waals surface area contributed by atoms with Gasteiger partial charge in [0.05, 0.1) is 10.6 Å². The topological polar surface area (TPSA) is 53.5 Å². The number of anilines is 1. The quantitative estimate of drug-likeness (QED) is 0.648. The molecule has 0 fully saturated rings. The third kappa shape index (κ3) is 3.93. The maximum atomic E-state index is 11.7. The first-order valence-electron chi connectivity index (χ1n) is 6.02. The summed E-state index contributed by atoms with van der Waals surface area (Å²) >= 11 is 1.61. The molecule has 2 N–H and O–H groups in total. The zero-order chi connectivity index (χ0) is 13.5. The number of carbonyl (C=O) groups excluding carboxylic acids is 1. The van der Waals surface area contributed by atoms with E-state index < -0.39 is 0 Å². The number of para-hydroxylation sites is 1. The van der Waals surface area contributed by atoms with Crippen LogP contribution in [0.5, 0.6) is 0 Å². The average Bonchev–Trinajstić information content (AvgIpc) is 2.95. The number of carbonyl (C=O) groups is 1. The van der Waals surface area contributed by atoms with E-state index in [4.69, 9.17) is 0 Å². The van der Waals surface area contributed by atoms with Gasteiger partial charge in [0, 0.05) is 5.69 Å². The molecule has 2 aromatic rings. The molecule has 2 rings (SSSR count). The van der Waals surface area contributed by atoms with E-state index in [2.05, 4.69) is 15.8 Å². The van der Waals surface area contributed by atoms with Crippen LogP contribution in [0.4, 0.5) is 10.5 Å². The summed E-state index contributed by atoms with van der Waals surface area (Å²) in [5, 5.41) is 8.85. The van der Waals surface area contributed by atoms with Gasteiger partial charge < -0.3 is 5.32 Å². The average molecular weight is 273 g/mol. The zero-order valence-corrected chi connectivity index (χ0v) is 11.4. The highest BCUT2D eigenvalue weighted by atomic mass is 32.1. The van der Waals surface area contributed by atoms with Crippen LogP contribution in [0, 0.1) is 0 Å². The molecule has 1 heterocycles. The standard InChI is InChI=1S/C14H15N3OS/c1-2-12(13-9-6-10-19-13)16-17-14(18)15-11-7-4-3-5-8-11/h3-10H,2H2,1H3,(H2,15,17,18)/b16-12-. The van der Waals surface area contributed by atoms with Crippen molar-refractivity contribution in [3.63, 3.8) is 0 Å². The Morgan fingerprint density at radius 3 is 2.63 bits per heavy atom. The van der Waals surface area contributed by atoms with Gasteiger partial charge in [-0.2, -0.15) is 5.10 Å². The summed E-state index contributed by atoms with van der Waals surface area (Å²) in [6, 6.07) is 12.9. The fourth-order valence-corrected chi connectivity index (χ4v) is 2.34. The molecule has 0 unspecified atom stereocenters. The van der Waals surface area contributed by atoms with E-state index in [1.165, 1.54) is 0 Å². The smallest absolute Gasteiger partial charge is 0.307 e. The normalized spacial score (nSPS) is 11.1. The highest BCUT2D eigenvalue weighted by Gasteiger charge is 2.04. The molecule has 0 atom stereocenters. The van der Waals surface area contributed by atoms with Gasteiger partial charge in [-0.25, -0.2) is 10.2 Å². The Balaban J connectivity index is 1.95. The first kappa shape index (κ1) is 13.3. The number of benzene rings is 1. The molecule has 0 aliphatic heterocycles. The second kappa shape index (κ2) is 6.70. The van der Waals surface area contributed by atoms with E-state index in [0.29, 0.717) is 0 Å². The predicted molar refractivity (Wildman–Crippen MR) is 79.7 cm³/mol. The van der Waals surface area contributed by atoms with Crippen LogP contribution in [0.3, 0.4) is 0 Å². The molecular formula is C14H15N3OS. The van der Waals surface area contributed by atoms with Gasteiger partial charge in [0.2, 0.25) is 0 Å². The van der Waals surface area contributed by atoms with Gasteiger partial charge in [-0.15, -0.1) is 11.3 Å². The second-order valence-corrected chi connectivity index (χ2v) is 4.77. The summed E-state index contributed by atoms with van der Waals surface area (Å²) in [6.07, 6.45) is 0.770. The van der Waals surface area contributed by atoms with Crippen molar-refractivity contribution in [2.24, 2.45) is 5.10 Å². The Morgan fingerprint density at radius 2 is 2.00 bits per heavy atom. The number of nitrogens with one attached hydrogen (secondary N) is 2. The third-order valence-electron chi connectivity index (χ3n) is 2.46. The molecule has 0 aliphatic carbocycles. The summed E-state index contributed by atoms with van der Waals surface area (Å²) in [5.74, 6) is 0. The zero-order valence-electron chi connectivity index (χ0n) is 10.6. The van der Waals surface area contributed by atoms with Crippen LogP contribution < -0.4 is 10.7 Å². The van der Waals surface area contributed by atoms with Crippen molar-refractivity contribution in [2.45, 2.75) is 13.3 Å². The number of rotatable bonds is 4. The van der Waals surface area contributed by atoms with Crippen molar-refractivity contribution >= 4 is 28.8 Å². The van der Waals surface area contributed by atoms with Crippen LogP contribution in [0.25, 0.3) is 0 Å². The summed E-state index contributed by atoms with van der Waals surface area (Å²) < 4.78 is 0. The van der Waals surface area contributed by atoms with Crippen molar-refractivity contribution < 1.29 is 4.79 Å². The van der Waals surface area contributed by atoms with Gasteiger partial charge in [-0.3, -0.25) is 0 Å². The Bertz CT molecular complexity index is 549. The molecule has 98 valence electrons. The Hall–Kier alpha value is -2.14. The van der Waals surface area contributed by atoms with Crippen LogP contribution in [0.2, 0.25) is 0 Å².